The van der Waals surface area contributed by atoms with Gasteiger partial charge in [0.1, 0.15) is 30.2 Å². The van der Waals surface area contributed by atoms with Gasteiger partial charge >= 0.3 is 5.63 Å². The van der Waals surface area contributed by atoms with E-state index in [1.165, 1.54) is 13.1 Å². The summed E-state index contributed by atoms with van der Waals surface area (Å²) >= 11 is 5.81. The highest BCUT2D eigenvalue weighted by atomic mass is 35.5. The lowest BCUT2D eigenvalue weighted by molar-refractivity contribution is 0.370. The first-order valence-corrected chi connectivity index (χ1v) is 8.27. The zero-order valence-electron chi connectivity index (χ0n) is 14.1. The van der Waals surface area contributed by atoms with Crippen molar-refractivity contribution in [3.05, 3.63) is 75.2 Å². The van der Waals surface area contributed by atoms with Gasteiger partial charge in [-0.1, -0.05) is 17.5 Å². The van der Waals surface area contributed by atoms with Crippen molar-refractivity contribution in [2.24, 2.45) is 0 Å². The standard InChI is InChI=1S/C20H16ClNO4/c1-22(24,12-2-3-13-25-18-8-5-16(21)6-9-18)17-7-10-19-15(14-17)4-11-20(23)26-19/h4-11,14H,12-13H2,1H3. The minimum absolute atomic E-state index is 0.0757. The molecule has 5 nitrogen and oxygen atoms in total. The molecule has 0 aliphatic heterocycles. The van der Waals surface area contributed by atoms with Crippen molar-refractivity contribution in [3.63, 3.8) is 0 Å². The second-order valence-corrected chi connectivity index (χ2v) is 6.27. The number of ether oxygens (including phenoxy) is 1. The molecule has 0 radical (unpaired) electrons. The first kappa shape index (κ1) is 18.0. The minimum atomic E-state index is -0.664. The molecule has 0 aliphatic rings. The van der Waals surface area contributed by atoms with Gasteiger partial charge < -0.3 is 19.0 Å². The maximum Gasteiger partial charge on any atom is 0.336 e. The molecule has 2 aromatic carbocycles. The van der Waals surface area contributed by atoms with Gasteiger partial charge in [0.15, 0.2) is 0 Å². The molecule has 132 valence electrons. The summed E-state index contributed by atoms with van der Waals surface area (Å²) in [5.41, 5.74) is 0.555. The molecule has 0 saturated heterocycles. The van der Waals surface area contributed by atoms with Gasteiger partial charge in [0.05, 0.1) is 7.05 Å². The summed E-state index contributed by atoms with van der Waals surface area (Å²) in [7, 11) is 1.52. The zero-order chi connectivity index (χ0) is 18.6. The van der Waals surface area contributed by atoms with Gasteiger partial charge in [-0.25, -0.2) is 4.79 Å². The van der Waals surface area contributed by atoms with Gasteiger partial charge in [-0.2, -0.15) is 0 Å². The van der Waals surface area contributed by atoms with Crippen LogP contribution in [0.5, 0.6) is 5.75 Å². The van der Waals surface area contributed by atoms with Crippen LogP contribution in [-0.2, 0) is 0 Å². The van der Waals surface area contributed by atoms with E-state index in [1.54, 1.807) is 48.5 Å². The van der Waals surface area contributed by atoms with E-state index in [4.69, 9.17) is 20.8 Å². The van der Waals surface area contributed by atoms with Crippen molar-refractivity contribution in [2.45, 2.75) is 0 Å². The fraction of sp³-hybridized carbons (Fsp3) is 0.150. The van der Waals surface area contributed by atoms with Crippen LogP contribution in [0.15, 0.2) is 63.8 Å². The molecule has 1 aromatic heterocycles. The normalized spacial score (nSPS) is 12.9. The summed E-state index contributed by atoms with van der Waals surface area (Å²) in [5.74, 6) is 6.35. The lowest BCUT2D eigenvalue weighted by atomic mass is 10.2. The van der Waals surface area contributed by atoms with Crippen LogP contribution in [-0.4, -0.2) is 20.2 Å². The Morgan fingerprint density at radius 3 is 2.65 bits per heavy atom. The summed E-state index contributed by atoms with van der Waals surface area (Å²) in [5, 5.41) is 14.1. The van der Waals surface area contributed by atoms with Crippen LogP contribution in [0.4, 0.5) is 5.69 Å². The molecule has 0 bridgehead atoms. The van der Waals surface area contributed by atoms with Crippen molar-refractivity contribution in [1.82, 2.24) is 4.65 Å². The van der Waals surface area contributed by atoms with E-state index in [9.17, 15) is 10.0 Å². The van der Waals surface area contributed by atoms with Gasteiger partial charge in [-0.15, -0.1) is 0 Å². The Morgan fingerprint density at radius 1 is 1.12 bits per heavy atom. The number of hydrogen-bond acceptors (Lipinski definition) is 4. The summed E-state index contributed by atoms with van der Waals surface area (Å²) < 4.78 is 9.88. The van der Waals surface area contributed by atoms with Crippen molar-refractivity contribution in [1.29, 1.82) is 0 Å². The smallest absolute Gasteiger partial charge is 0.336 e. The molecular formula is C20H16ClNO4. The number of halogens is 1. The third kappa shape index (κ3) is 4.44. The molecule has 0 fully saturated rings. The second-order valence-electron chi connectivity index (χ2n) is 5.83. The number of hydroxylamine groups is 2. The Labute approximate surface area is 155 Å². The average molecular weight is 370 g/mol. The predicted molar refractivity (Wildman–Crippen MR) is 103 cm³/mol. The van der Waals surface area contributed by atoms with Gasteiger partial charge in [-0.05, 0) is 42.3 Å². The molecule has 0 aliphatic carbocycles. The third-order valence-corrected chi connectivity index (χ3v) is 4.03. The quantitative estimate of drug-likeness (QED) is 0.302. The fourth-order valence-corrected chi connectivity index (χ4v) is 2.48. The molecule has 0 spiro atoms. The molecule has 0 amide bonds. The molecule has 1 unspecified atom stereocenters. The number of quaternary nitrogens is 1. The Kier molecular flexibility index (Phi) is 5.29. The number of hydrogen-bond donors (Lipinski definition) is 0. The maximum absolute atomic E-state index is 12.8. The van der Waals surface area contributed by atoms with E-state index in [1.807, 2.05) is 0 Å². The molecule has 3 rings (SSSR count). The van der Waals surface area contributed by atoms with Crippen LogP contribution < -0.4 is 15.0 Å². The van der Waals surface area contributed by atoms with Crippen LogP contribution in [0.25, 0.3) is 11.0 Å². The molecular weight excluding hydrogens is 354 g/mol. The van der Waals surface area contributed by atoms with Crippen molar-refractivity contribution in [2.75, 3.05) is 20.2 Å². The van der Waals surface area contributed by atoms with E-state index in [-0.39, 0.29) is 13.2 Å². The Hall–Kier alpha value is -2.78. The molecule has 6 heteroatoms. The summed E-state index contributed by atoms with van der Waals surface area (Å²) in [6.45, 7) is 0.261. The highest BCUT2D eigenvalue weighted by Crippen LogP contribution is 2.24. The predicted octanol–water partition coefficient (Wildman–Crippen LogP) is 3.96. The molecule has 1 heterocycles. The molecule has 0 saturated carbocycles. The van der Waals surface area contributed by atoms with Crippen molar-refractivity contribution < 1.29 is 9.15 Å². The van der Waals surface area contributed by atoms with E-state index < -0.39 is 10.3 Å². The van der Waals surface area contributed by atoms with E-state index in [0.29, 0.717) is 27.4 Å². The Morgan fingerprint density at radius 2 is 1.88 bits per heavy atom. The maximum atomic E-state index is 12.8. The third-order valence-electron chi connectivity index (χ3n) is 3.78. The number of rotatable bonds is 4. The summed E-state index contributed by atoms with van der Waals surface area (Å²) in [6.07, 6.45) is 0. The number of fused-ring (bicyclic) bond motifs is 1. The van der Waals surface area contributed by atoms with Gasteiger partial charge in [0.2, 0.25) is 0 Å². The van der Waals surface area contributed by atoms with Crippen LogP contribution in [0.1, 0.15) is 0 Å². The molecule has 0 N–H and O–H groups in total. The number of benzene rings is 2. The summed E-state index contributed by atoms with van der Waals surface area (Å²) in [4.78, 5) is 11.2. The van der Waals surface area contributed by atoms with E-state index in [0.717, 1.165) is 0 Å². The average Bonchev–Trinajstić information content (AvgIpc) is 2.62. The van der Waals surface area contributed by atoms with Crippen molar-refractivity contribution in [3.8, 4) is 17.6 Å². The molecule has 26 heavy (non-hydrogen) atoms. The van der Waals surface area contributed by atoms with Gasteiger partial charge in [0.25, 0.3) is 0 Å². The van der Waals surface area contributed by atoms with Crippen LogP contribution in [0.2, 0.25) is 5.02 Å². The molecule has 3 aromatic rings. The van der Waals surface area contributed by atoms with Crippen molar-refractivity contribution >= 4 is 28.3 Å². The first-order valence-electron chi connectivity index (χ1n) is 7.89. The Bertz CT molecular complexity index is 1030. The lowest BCUT2D eigenvalue weighted by Gasteiger charge is -2.36. The van der Waals surface area contributed by atoms with Crippen LogP contribution in [0, 0.1) is 17.0 Å². The highest BCUT2D eigenvalue weighted by molar-refractivity contribution is 6.30. The number of nitrogens with zero attached hydrogens (tertiary/aromatic N) is 1. The summed E-state index contributed by atoms with van der Waals surface area (Å²) in [6, 6.07) is 14.9. The monoisotopic (exact) mass is 369 g/mol. The fourth-order valence-electron chi connectivity index (χ4n) is 2.35. The zero-order valence-corrected chi connectivity index (χ0v) is 14.8. The van der Waals surface area contributed by atoms with Gasteiger partial charge in [0, 0.05) is 28.6 Å². The highest BCUT2D eigenvalue weighted by Gasteiger charge is 2.14. The van der Waals surface area contributed by atoms with E-state index >= 15 is 0 Å². The van der Waals surface area contributed by atoms with E-state index in [2.05, 4.69) is 11.8 Å². The minimum Gasteiger partial charge on any atom is -0.627 e. The Balaban J connectivity index is 1.64. The van der Waals surface area contributed by atoms with Crippen LogP contribution in [0.3, 0.4) is 0 Å². The van der Waals surface area contributed by atoms with Crippen LogP contribution >= 0.6 is 11.6 Å². The largest absolute Gasteiger partial charge is 0.627 e. The first-order chi connectivity index (χ1) is 12.4. The molecule has 1 atom stereocenters. The second kappa shape index (κ2) is 7.63. The topological polar surface area (TPSA) is 62.5 Å². The lowest BCUT2D eigenvalue weighted by Crippen LogP contribution is -2.38. The SMILES string of the molecule is C[N+]([O-])(CC#CCOc1ccc(Cl)cc1)c1ccc2oc(=O)ccc2c1. The van der Waals surface area contributed by atoms with Gasteiger partial charge in [-0.3, -0.25) is 0 Å².